The molecule has 2 aliphatic heterocycles. The lowest BCUT2D eigenvalue weighted by Gasteiger charge is -2.39. The first-order valence-corrected chi connectivity index (χ1v) is 13.0. The molecule has 0 radical (unpaired) electrons. The highest BCUT2D eigenvalue weighted by Gasteiger charge is 2.45. The van der Waals surface area contributed by atoms with Crippen LogP contribution in [0.1, 0.15) is 27.6 Å². The summed E-state index contributed by atoms with van der Waals surface area (Å²) in [6, 6.07) is 5.95. The van der Waals surface area contributed by atoms with Gasteiger partial charge in [-0.05, 0) is 24.3 Å². The van der Waals surface area contributed by atoms with Crippen LogP contribution in [0.3, 0.4) is 0 Å². The number of phenols is 7. The van der Waals surface area contributed by atoms with Crippen LogP contribution >= 0.6 is 0 Å². The Labute approximate surface area is 247 Å². The Morgan fingerprint density at radius 2 is 1.43 bits per heavy atom. The second-order valence-electron chi connectivity index (χ2n) is 10.2. The number of phenolic OH excluding ortho intramolecular Hbond substituents is 7. The van der Waals surface area contributed by atoms with Crippen molar-refractivity contribution in [2.45, 2.75) is 49.3 Å². The van der Waals surface area contributed by atoms with E-state index < -0.39 is 95.7 Å². The molecule has 0 aliphatic carbocycles. The number of carbonyl (C=O) groups is 1. The first-order chi connectivity index (χ1) is 20.8. The summed E-state index contributed by atoms with van der Waals surface area (Å²) in [5, 5.41) is 111. The van der Waals surface area contributed by atoms with Crippen LogP contribution in [0.5, 0.6) is 51.7 Å². The molecule has 5 unspecified atom stereocenters. The van der Waals surface area contributed by atoms with E-state index in [0.717, 1.165) is 30.3 Å². The number of aliphatic hydroxyl groups excluding tert-OH is 4. The van der Waals surface area contributed by atoms with Crippen molar-refractivity contribution in [3.8, 4) is 51.7 Å². The molecule has 2 aliphatic rings. The Morgan fingerprint density at radius 1 is 0.795 bits per heavy atom. The first kappa shape index (κ1) is 30.6. The molecule has 7 atom stereocenters. The van der Waals surface area contributed by atoms with E-state index in [2.05, 4.69) is 0 Å². The van der Waals surface area contributed by atoms with Crippen LogP contribution in [0.15, 0.2) is 36.4 Å². The molecule has 236 valence electrons. The SMILES string of the molecule is O=C(O[C@@H]1Cc2c(O)cc(O)cc2O[C@@H]1c1cc(O)c(OC2OC(CO)C(O)C(O)C2O)c(O)c1)c1cc(O)c(O)c(O)c1. The number of rotatable bonds is 6. The van der Waals surface area contributed by atoms with Crippen LogP contribution in [0.25, 0.3) is 0 Å². The van der Waals surface area contributed by atoms with Gasteiger partial charge in [0.2, 0.25) is 12.0 Å². The highest BCUT2D eigenvalue weighted by molar-refractivity contribution is 5.91. The molecule has 1 fully saturated rings. The molecule has 3 aromatic rings. The monoisotopic (exact) mass is 620 g/mol. The van der Waals surface area contributed by atoms with Crippen molar-refractivity contribution in [1.82, 2.24) is 0 Å². The molecular weight excluding hydrogens is 592 g/mol. The van der Waals surface area contributed by atoms with Gasteiger partial charge in [-0.15, -0.1) is 0 Å². The van der Waals surface area contributed by atoms with Gasteiger partial charge in [0.15, 0.2) is 34.9 Å². The third-order valence-electron chi connectivity index (χ3n) is 7.21. The van der Waals surface area contributed by atoms with E-state index in [0.29, 0.717) is 0 Å². The van der Waals surface area contributed by atoms with Crippen molar-refractivity contribution in [3.63, 3.8) is 0 Å². The summed E-state index contributed by atoms with van der Waals surface area (Å²) in [5.41, 5.74) is -0.264. The molecular formula is C28H28O16. The van der Waals surface area contributed by atoms with Crippen LogP contribution in [0.4, 0.5) is 0 Å². The number of aliphatic hydroxyl groups is 4. The third-order valence-corrected chi connectivity index (χ3v) is 7.21. The average molecular weight is 621 g/mol. The molecule has 3 aromatic carbocycles. The zero-order chi connectivity index (χ0) is 32.0. The van der Waals surface area contributed by atoms with Gasteiger partial charge in [0.1, 0.15) is 47.8 Å². The first-order valence-electron chi connectivity index (χ1n) is 13.0. The molecule has 11 N–H and O–H groups in total. The summed E-state index contributed by atoms with van der Waals surface area (Å²) in [5.74, 6) is -6.50. The van der Waals surface area contributed by atoms with Gasteiger partial charge >= 0.3 is 5.97 Å². The fourth-order valence-electron chi connectivity index (χ4n) is 4.95. The summed E-state index contributed by atoms with van der Waals surface area (Å²) < 4.78 is 22.1. The van der Waals surface area contributed by atoms with Crippen LogP contribution in [-0.2, 0) is 15.9 Å². The van der Waals surface area contributed by atoms with Crippen molar-refractivity contribution in [2.75, 3.05) is 6.61 Å². The number of hydrogen-bond donors (Lipinski definition) is 11. The van der Waals surface area contributed by atoms with E-state index in [4.69, 9.17) is 18.9 Å². The minimum absolute atomic E-state index is 0.0242. The lowest BCUT2D eigenvalue weighted by Crippen LogP contribution is -2.60. The smallest absolute Gasteiger partial charge is 0.338 e. The molecule has 44 heavy (non-hydrogen) atoms. The van der Waals surface area contributed by atoms with Gasteiger partial charge in [-0.3, -0.25) is 0 Å². The Balaban J connectivity index is 1.47. The minimum Gasteiger partial charge on any atom is -0.508 e. The molecule has 0 amide bonds. The maximum absolute atomic E-state index is 13.0. The predicted molar refractivity (Wildman–Crippen MR) is 142 cm³/mol. The van der Waals surface area contributed by atoms with E-state index in [9.17, 15) is 61.0 Å². The summed E-state index contributed by atoms with van der Waals surface area (Å²) >= 11 is 0. The molecule has 16 nitrogen and oxygen atoms in total. The number of fused-ring (bicyclic) bond motifs is 1. The van der Waals surface area contributed by atoms with Gasteiger partial charge in [0, 0.05) is 29.7 Å². The standard InChI is InChI=1S/C28H28O16/c29-8-20-22(37)23(38)24(39)28(43-20)44-26-16(34)1-9(2-17(26)35)25-19(7-12-13(31)5-11(30)6-18(12)41-25)42-27(40)10-3-14(32)21(36)15(33)4-10/h1-6,19-20,22-25,28-39H,7-8H2/t19-,20?,22?,23?,24?,25-,28?/m1/s1. The van der Waals surface area contributed by atoms with Gasteiger partial charge in [-0.2, -0.15) is 0 Å². The number of hydrogen-bond acceptors (Lipinski definition) is 16. The zero-order valence-corrected chi connectivity index (χ0v) is 22.4. The fraction of sp³-hybridized carbons (Fsp3) is 0.321. The van der Waals surface area contributed by atoms with Crippen LogP contribution in [-0.4, -0.2) is 106 Å². The van der Waals surface area contributed by atoms with Crippen LogP contribution in [0.2, 0.25) is 0 Å². The molecule has 0 aromatic heterocycles. The highest BCUT2D eigenvalue weighted by atomic mass is 16.7. The normalized spacial score (nSPS) is 26.3. The van der Waals surface area contributed by atoms with Crippen LogP contribution in [0, 0.1) is 0 Å². The Morgan fingerprint density at radius 3 is 2.05 bits per heavy atom. The maximum Gasteiger partial charge on any atom is 0.338 e. The number of carbonyl (C=O) groups excluding carboxylic acids is 1. The molecule has 0 bridgehead atoms. The quantitative estimate of drug-likeness (QED) is 0.125. The van der Waals surface area contributed by atoms with Crippen molar-refractivity contribution >= 4 is 5.97 Å². The van der Waals surface area contributed by atoms with E-state index in [1.807, 2.05) is 0 Å². The number of benzene rings is 3. The molecule has 16 heteroatoms. The fourth-order valence-corrected chi connectivity index (χ4v) is 4.95. The van der Waals surface area contributed by atoms with Gasteiger partial charge in [-0.25, -0.2) is 4.79 Å². The zero-order valence-electron chi connectivity index (χ0n) is 22.4. The van der Waals surface area contributed by atoms with Gasteiger partial charge in [0.25, 0.3) is 0 Å². The predicted octanol–water partition coefficient (Wildman–Crippen LogP) is -0.294. The van der Waals surface area contributed by atoms with E-state index >= 15 is 0 Å². The highest BCUT2D eigenvalue weighted by Crippen LogP contribution is 2.47. The lowest BCUT2D eigenvalue weighted by atomic mass is 9.93. The molecule has 2 heterocycles. The molecule has 0 spiro atoms. The van der Waals surface area contributed by atoms with Crippen molar-refractivity contribution in [2.24, 2.45) is 0 Å². The third kappa shape index (κ3) is 5.59. The van der Waals surface area contributed by atoms with Crippen molar-refractivity contribution in [1.29, 1.82) is 0 Å². The average Bonchev–Trinajstić information content (AvgIpc) is 2.97. The van der Waals surface area contributed by atoms with E-state index in [1.54, 1.807) is 0 Å². The second-order valence-corrected chi connectivity index (χ2v) is 10.2. The summed E-state index contributed by atoms with van der Waals surface area (Å²) in [6.07, 6.45) is -11.3. The van der Waals surface area contributed by atoms with E-state index in [1.165, 1.54) is 6.07 Å². The number of aromatic hydroxyl groups is 7. The second kappa shape index (κ2) is 11.7. The van der Waals surface area contributed by atoms with E-state index in [-0.39, 0.29) is 34.6 Å². The topological polar surface area (TPSA) is 277 Å². The van der Waals surface area contributed by atoms with Crippen LogP contribution < -0.4 is 9.47 Å². The minimum atomic E-state index is -1.85. The Hall–Kier alpha value is -4.87. The number of esters is 1. The van der Waals surface area contributed by atoms with Crippen molar-refractivity contribution in [3.05, 3.63) is 53.1 Å². The summed E-state index contributed by atoms with van der Waals surface area (Å²) in [6.45, 7) is -0.753. The lowest BCUT2D eigenvalue weighted by molar-refractivity contribution is -0.277. The van der Waals surface area contributed by atoms with Gasteiger partial charge < -0.3 is 75.1 Å². The van der Waals surface area contributed by atoms with Gasteiger partial charge in [-0.1, -0.05) is 0 Å². The Bertz CT molecular complexity index is 1530. The molecule has 5 rings (SSSR count). The number of ether oxygens (including phenoxy) is 4. The van der Waals surface area contributed by atoms with Crippen molar-refractivity contribution < 1.29 is 79.9 Å². The van der Waals surface area contributed by atoms with Gasteiger partial charge in [0.05, 0.1) is 12.2 Å². The molecule has 0 saturated carbocycles. The largest absolute Gasteiger partial charge is 0.508 e. The molecule has 1 saturated heterocycles. The summed E-state index contributed by atoms with van der Waals surface area (Å²) in [7, 11) is 0. The summed E-state index contributed by atoms with van der Waals surface area (Å²) in [4.78, 5) is 13.0. The Kier molecular flexibility index (Phi) is 8.11. The maximum atomic E-state index is 13.0.